The van der Waals surface area contributed by atoms with Gasteiger partial charge in [-0.05, 0) is 56.2 Å². The van der Waals surface area contributed by atoms with Gasteiger partial charge in [0.1, 0.15) is 5.75 Å². The quantitative estimate of drug-likeness (QED) is 0.456. The first-order valence-corrected chi connectivity index (χ1v) is 12.6. The molecule has 1 atom stereocenters. The Morgan fingerprint density at radius 2 is 1.92 bits per heavy atom. The summed E-state index contributed by atoms with van der Waals surface area (Å²) in [6, 6.07) is 10.0. The molecule has 5 rings (SSSR count). The molecule has 0 aliphatic carbocycles. The Morgan fingerprint density at radius 1 is 1.19 bits per heavy atom. The van der Waals surface area contributed by atoms with Crippen LogP contribution in [0.15, 0.2) is 57.5 Å². The van der Waals surface area contributed by atoms with Crippen LogP contribution in [0.4, 0.5) is 0 Å². The largest absolute Gasteiger partial charge is 0.494 e. The zero-order valence-electron chi connectivity index (χ0n) is 19.9. The molecule has 0 spiro atoms. The van der Waals surface area contributed by atoms with Crippen molar-refractivity contribution in [1.29, 1.82) is 0 Å². The number of nitrogens with zero attached hydrogens (tertiary/aromatic N) is 2. The molecule has 0 N–H and O–H groups in total. The van der Waals surface area contributed by atoms with Crippen LogP contribution in [0.1, 0.15) is 37.9 Å². The van der Waals surface area contributed by atoms with Crippen LogP contribution in [0.5, 0.6) is 17.2 Å². The summed E-state index contributed by atoms with van der Waals surface area (Å²) in [5, 5.41) is 0.427. The Balaban J connectivity index is 1.68. The van der Waals surface area contributed by atoms with Crippen molar-refractivity contribution in [2.75, 3.05) is 20.0 Å². The molecular weight excluding hydrogens is 504 g/mol. The van der Waals surface area contributed by atoms with Crippen LogP contribution in [0.2, 0.25) is 5.02 Å². The molecule has 186 valence electrons. The van der Waals surface area contributed by atoms with E-state index in [1.54, 1.807) is 32.1 Å². The molecule has 2 aliphatic heterocycles. The van der Waals surface area contributed by atoms with Gasteiger partial charge in [0, 0.05) is 6.07 Å². The number of carbonyl (C=O) groups excluding carboxylic acids is 1. The van der Waals surface area contributed by atoms with Crippen molar-refractivity contribution >= 4 is 35.0 Å². The number of aromatic nitrogens is 1. The van der Waals surface area contributed by atoms with Gasteiger partial charge in [-0.1, -0.05) is 35.1 Å². The minimum absolute atomic E-state index is 0.120. The lowest BCUT2D eigenvalue weighted by Crippen LogP contribution is -2.39. The van der Waals surface area contributed by atoms with Crippen LogP contribution in [0.3, 0.4) is 0 Å². The first-order chi connectivity index (χ1) is 17.4. The molecule has 1 aromatic heterocycles. The number of benzene rings is 2. The molecule has 10 heteroatoms. The van der Waals surface area contributed by atoms with Gasteiger partial charge in [0.05, 0.1) is 40.1 Å². The zero-order valence-corrected chi connectivity index (χ0v) is 21.4. The Labute approximate surface area is 215 Å². The average Bonchev–Trinajstić information content (AvgIpc) is 3.43. The van der Waals surface area contributed by atoms with Gasteiger partial charge in [-0.2, -0.15) is 0 Å². The second-order valence-corrected chi connectivity index (χ2v) is 9.45. The smallest absolute Gasteiger partial charge is 0.338 e. The minimum atomic E-state index is -0.703. The van der Waals surface area contributed by atoms with E-state index >= 15 is 0 Å². The molecule has 0 radical (unpaired) electrons. The maximum atomic E-state index is 13.7. The number of allylic oxidation sites excluding steroid dienone is 1. The topological polar surface area (TPSA) is 88.4 Å². The molecule has 2 aromatic carbocycles. The summed E-state index contributed by atoms with van der Waals surface area (Å²) in [7, 11) is 0. The number of hydrogen-bond acceptors (Lipinski definition) is 8. The highest BCUT2D eigenvalue weighted by Crippen LogP contribution is 2.37. The van der Waals surface area contributed by atoms with Gasteiger partial charge < -0.3 is 18.9 Å². The van der Waals surface area contributed by atoms with Crippen molar-refractivity contribution in [3.63, 3.8) is 0 Å². The molecular formula is C26H23ClN2O6S. The second-order valence-electron chi connectivity index (χ2n) is 8.03. The van der Waals surface area contributed by atoms with E-state index in [0.717, 1.165) is 5.56 Å². The second kappa shape index (κ2) is 9.83. The number of fused-ring (bicyclic) bond motifs is 2. The minimum Gasteiger partial charge on any atom is -0.494 e. The SMILES string of the molecule is CCOC(=O)C1=C(C)N=c2s/c(=C\c3cc4c(cc3Cl)OCO4)c(=O)n2[C@H]1c1ccc(OCC)cc1. The first-order valence-electron chi connectivity index (χ1n) is 11.4. The third-order valence-corrected chi connectivity index (χ3v) is 7.11. The van der Waals surface area contributed by atoms with Gasteiger partial charge in [0.25, 0.3) is 5.56 Å². The summed E-state index contributed by atoms with van der Waals surface area (Å²) in [5.74, 6) is 1.31. The molecule has 3 aromatic rings. The van der Waals surface area contributed by atoms with Crippen molar-refractivity contribution in [2.24, 2.45) is 4.99 Å². The maximum Gasteiger partial charge on any atom is 0.338 e. The van der Waals surface area contributed by atoms with Crippen LogP contribution >= 0.6 is 22.9 Å². The molecule has 2 aliphatic rings. The number of carbonyl (C=O) groups is 1. The average molecular weight is 527 g/mol. The van der Waals surface area contributed by atoms with Gasteiger partial charge in [-0.25, -0.2) is 9.79 Å². The molecule has 8 nitrogen and oxygen atoms in total. The molecule has 0 amide bonds. The molecule has 0 unspecified atom stereocenters. The van der Waals surface area contributed by atoms with Crippen molar-refractivity contribution < 1.29 is 23.7 Å². The zero-order chi connectivity index (χ0) is 25.4. The fourth-order valence-electron chi connectivity index (χ4n) is 4.20. The third kappa shape index (κ3) is 4.29. The molecule has 0 saturated carbocycles. The van der Waals surface area contributed by atoms with E-state index in [-0.39, 0.29) is 19.0 Å². The summed E-state index contributed by atoms with van der Waals surface area (Å²) in [6.45, 7) is 6.26. The number of thiazole rings is 1. The number of rotatable bonds is 6. The number of halogens is 1. The molecule has 0 saturated heterocycles. The van der Waals surface area contributed by atoms with Gasteiger partial charge in [-0.3, -0.25) is 9.36 Å². The lowest BCUT2D eigenvalue weighted by atomic mass is 9.96. The van der Waals surface area contributed by atoms with E-state index in [9.17, 15) is 9.59 Å². The summed E-state index contributed by atoms with van der Waals surface area (Å²) in [5.41, 5.74) is 1.89. The summed E-state index contributed by atoms with van der Waals surface area (Å²) in [4.78, 5) is 31.8. The van der Waals surface area contributed by atoms with E-state index in [2.05, 4.69) is 4.99 Å². The fraction of sp³-hybridized carbons (Fsp3) is 0.269. The fourth-order valence-corrected chi connectivity index (χ4v) is 5.45. The highest BCUT2D eigenvalue weighted by Gasteiger charge is 2.33. The number of esters is 1. The number of hydrogen-bond donors (Lipinski definition) is 0. The van der Waals surface area contributed by atoms with Gasteiger partial charge in [0.15, 0.2) is 16.3 Å². The van der Waals surface area contributed by atoms with Crippen LogP contribution in [0, 0.1) is 0 Å². The van der Waals surface area contributed by atoms with E-state index < -0.39 is 12.0 Å². The Morgan fingerprint density at radius 3 is 2.61 bits per heavy atom. The summed E-state index contributed by atoms with van der Waals surface area (Å²) < 4.78 is 23.7. The van der Waals surface area contributed by atoms with Crippen LogP contribution in [-0.2, 0) is 9.53 Å². The van der Waals surface area contributed by atoms with Crippen LogP contribution < -0.4 is 29.1 Å². The van der Waals surface area contributed by atoms with Gasteiger partial charge in [-0.15, -0.1) is 0 Å². The lowest BCUT2D eigenvalue weighted by molar-refractivity contribution is -0.139. The molecule has 3 heterocycles. The van der Waals surface area contributed by atoms with E-state index in [1.165, 1.54) is 15.9 Å². The highest BCUT2D eigenvalue weighted by atomic mass is 35.5. The Bertz CT molecular complexity index is 1550. The molecule has 0 bridgehead atoms. The Hall–Kier alpha value is -3.56. The first kappa shape index (κ1) is 24.1. The highest BCUT2D eigenvalue weighted by molar-refractivity contribution is 7.07. The van der Waals surface area contributed by atoms with Crippen LogP contribution in [-0.4, -0.2) is 30.5 Å². The standard InChI is InChI=1S/C26H23ClN2O6S/c1-4-32-17-8-6-15(7-9-17)23-22(25(31)33-5-2)14(3)28-26-29(23)24(30)21(36-26)11-16-10-19-20(12-18(16)27)35-13-34-19/h6-12,23H,4-5,13H2,1-3H3/b21-11-/t23-/m0/s1. The van der Waals surface area contributed by atoms with E-state index in [4.69, 9.17) is 30.5 Å². The van der Waals surface area contributed by atoms with Crippen molar-refractivity contribution in [3.05, 3.63) is 83.5 Å². The molecule has 0 fully saturated rings. The summed E-state index contributed by atoms with van der Waals surface area (Å²) in [6.07, 6.45) is 1.70. The predicted molar refractivity (Wildman–Crippen MR) is 136 cm³/mol. The van der Waals surface area contributed by atoms with Crippen LogP contribution in [0.25, 0.3) is 6.08 Å². The van der Waals surface area contributed by atoms with Crippen molar-refractivity contribution in [3.8, 4) is 17.2 Å². The monoisotopic (exact) mass is 526 g/mol. The normalized spacial score (nSPS) is 16.6. The maximum absolute atomic E-state index is 13.7. The van der Waals surface area contributed by atoms with Crippen molar-refractivity contribution in [2.45, 2.75) is 26.8 Å². The lowest BCUT2D eigenvalue weighted by Gasteiger charge is -2.24. The van der Waals surface area contributed by atoms with Crippen molar-refractivity contribution in [1.82, 2.24) is 4.57 Å². The third-order valence-electron chi connectivity index (χ3n) is 5.80. The number of ether oxygens (including phenoxy) is 4. The van der Waals surface area contributed by atoms with Gasteiger partial charge in [0.2, 0.25) is 6.79 Å². The molecule has 36 heavy (non-hydrogen) atoms. The van der Waals surface area contributed by atoms with E-state index in [0.29, 0.717) is 55.0 Å². The van der Waals surface area contributed by atoms with E-state index in [1.807, 2.05) is 31.2 Å². The predicted octanol–water partition coefficient (Wildman–Crippen LogP) is 3.58. The van der Waals surface area contributed by atoms with Gasteiger partial charge >= 0.3 is 5.97 Å². The summed E-state index contributed by atoms with van der Waals surface area (Å²) >= 11 is 7.67. The Kier molecular flexibility index (Phi) is 6.59.